The van der Waals surface area contributed by atoms with Gasteiger partial charge in [0.2, 0.25) is 17.5 Å². The molecule has 0 saturated heterocycles. The molecule has 10 nitrogen and oxygen atoms in total. The third-order valence-corrected chi connectivity index (χ3v) is 2.43. The fourth-order valence-electron chi connectivity index (χ4n) is 1.53. The average Bonchev–Trinajstić information content (AvgIpc) is 2.79. The molecule has 2 atom stereocenters. The van der Waals surface area contributed by atoms with E-state index >= 15 is 0 Å². The summed E-state index contributed by atoms with van der Waals surface area (Å²) in [5.41, 5.74) is 4.87. The molecule has 2 unspecified atom stereocenters. The molecule has 1 heterocycles. The Hall–Kier alpha value is -2.52. The van der Waals surface area contributed by atoms with Gasteiger partial charge in [-0.1, -0.05) is 0 Å². The molecular weight excluding hydrogens is 270 g/mol. The summed E-state index contributed by atoms with van der Waals surface area (Å²) in [4.78, 5) is 3.76. The van der Waals surface area contributed by atoms with E-state index in [4.69, 9.17) is 25.8 Å². The van der Waals surface area contributed by atoms with Crippen LogP contribution in [-0.2, 0) is 0 Å². The number of nitrogen functional groups attached to an aromatic ring is 1. The normalized spacial score (nSPS) is 13.8. The predicted molar refractivity (Wildman–Crippen MR) is 62.6 cm³/mol. The number of nitrogens with one attached hydrogen (secondary N) is 2. The van der Waals surface area contributed by atoms with E-state index < -0.39 is 10.5 Å². The number of nitrogens with zero attached hydrogens (tertiary/aromatic N) is 2. The Labute approximate surface area is 111 Å². The zero-order chi connectivity index (χ0) is 14.9. The lowest BCUT2D eigenvalue weighted by molar-refractivity contribution is -0.996. The van der Waals surface area contributed by atoms with Crippen LogP contribution in [0, 0.1) is 21.7 Å². The topological polar surface area (TPSA) is 171 Å². The number of nitriles is 1. The molecule has 0 aliphatic heterocycles. The van der Waals surface area contributed by atoms with Gasteiger partial charge < -0.3 is 20.6 Å². The van der Waals surface area contributed by atoms with E-state index in [0.29, 0.717) is 0 Å². The van der Waals surface area contributed by atoms with Crippen LogP contribution in [0.5, 0.6) is 0 Å². The molecule has 0 spiro atoms. The summed E-state index contributed by atoms with van der Waals surface area (Å²) in [6.07, 6.45) is 0. The average molecular weight is 279 g/mol. The molecule has 1 aromatic carbocycles. The minimum Gasteiger partial charge on any atom is -0.595 e. The van der Waals surface area contributed by atoms with Crippen molar-refractivity contribution in [3.63, 3.8) is 0 Å². The van der Waals surface area contributed by atoms with Crippen LogP contribution in [0.4, 0.5) is 17.3 Å². The molecule has 6 N–H and O–H groups in total. The summed E-state index contributed by atoms with van der Waals surface area (Å²) in [7, 11) is 0. The van der Waals surface area contributed by atoms with Crippen molar-refractivity contribution >= 4 is 17.3 Å². The predicted octanol–water partition coefficient (Wildman–Crippen LogP) is -1.40. The van der Waals surface area contributed by atoms with Gasteiger partial charge in [0.1, 0.15) is 6.07 Å². The Morgan fingerprint density at radius 1 is 1.20 bits per heavy atom. The van der Waals surface area contributed by atoms with Gasteiger partial charge in [0.15, 0.2) is 11.4 Å². The lowest BCUT2D eigenvalue weighted by Crippen LogP contribution is -3.00. The molecule has 0 amide bonds. The Morgan fingerprint density at radius 3 is 2.15 bits per heavy atom. The smallest absolute Gasteiger partial charge is 0.230 e. The summed E-state index contributed by atoms with van der Waals surface area (Å²) >= 11 is 0. The SMILES string of the molecule is N#Cc1nc(-c2cc([NH+]([O-])O)cc([NH+]([O-])O)c2)oc1N. The highest BCUT2D eigenvalue weighted by molar-refractivity contribution is 5.65. The van der Waals surface area contributed by atoms with Crippen LogP contribution < -0.4 is 16.2 Å². The van der Waals surface area contributed by atoms with Crippen molar-refractivity contribution in [1.29, 1.82) is 5.26 Å². The van der Waals surface area contributed by atoms with Crippen LogP contribution in [0.15, 0.2) is 22.6 Å². The standard InChI is InChI=1S/C10H9N5O5/c11-4-8-9(12)20-10(13-8)5-1-6(14(16)17)3-7(2-5)15(18)19/h1-3,14-16,18H,12H2. The monoisotopic (exact) mass is 279 g/mol. The van der Waals surface area contributed by atoms with Crippen molar-refractivity contribution in [3.05, 3.63) is 34.3 Å². The van der Waals surface area contributed by atoms with Crippen molar-refractivity contribution in [1.82, 2.24) is 4.98 Å². The molecule has 2 rings (SSSR count). The molecule has 1 aromatic heterocycles. The van der Waals surface area contributed by atoms with E-state index in [2.05, 4.69) is 4.98 Å². The van der Waals surface area contributed by atoms with E-state index in [0.717, 1.165) is 6.07 Å². The minimum absolute atomic E-state index is 0.107. The highest BCUT2D eigenvalue weighted by atomic mass is 16.8. The molecular formula is C10H9N5O5. The van der Waals surface area contributed by atoms with Crippen LogP contribution in [0.1, 0.15) is 5.69 Å². The molecule has 10 heteroatoms. The van der Waals surface area contributed by atoms with Crippen molar-refractivity contribution in [3.8, 4) is 17.5 Å². The first-order chi connectivity index (χ1) is 9.42. The van der Waals surface area contributed by atoms with Gasteiger partial charge in [-0.25, -0.2) is 10.4 Å². The molecule has 0 bridgehead atoms. The first-order valence-corrected chi connectivity index (χ1v) is 5.21. The Kier molecular flexibility index (Phi) is 3.63. The number of benzene rings is 1. The lowest BCUT2D eigenvalue weighted by Gasteiger charge is -2.16. The zero-order valence-electron chi connectivity index (χ0n) is 9.82. The van der Waals surface area contributed by atoms with E-state index in [1.165, 1.54) is 12.1 Å². The van der Waals surface area contributed by atoms with Gasteiger partial charge in [-0.3, -0.25) is 0 Å². The molecule has 104 valence electrons. The maximum atomic E-state index is 11.0. The number of hydrogen-bond acceptors (Lipinski definition) is 8. The van der Waals surface area contributed by atoms with Crippen molar-refractivity contribution in [2.45, 2.75) is 0 Å². The highest BCUT2D eigenvalue weighted by Crippen LogP contribution is 2.26. The minimum atomic E-state index is -1.30. The second-order valence-electron chi connectivity index (χ2n) is 3.75. The second kappa shape index (κ2) is 5.23. The third-order valence-electron chi connectivity index (χ3n) is 2.43. The van der Waals surface area contributed by atoms with Gasteiger partial charge in [-0.2, -0.15) is 20.7 Å². The number of rotatable bonds is 3. The van der Waals surface area contributed by atoms with Crippen LogP contribution in [0.25, 0.3) is 11.5 Å². The third kappa shape index (κ3) is 2.58. The number of aromatic nitrogens is 1. The highest BCUT2D eigenvalue weighted by Gasteiger charge is 2.17. The summed E-state index contributed by atoms with van der Waals surface area (Å²) in [5.74, 6) is -0.343. The summed E-state index contributed by atoms with van der Waals surface area (Å²) in [6, 6.07) is 5.07. The Morgan fingerprint density at radius 2 is 1.75 bits per heavy atom. The zero-order valence-corrected chi connectivity index (χ0v) is 9.82. The molecule has 0 radical (unpaired) electrons. The number of nitrogens with two attached hydrogens (primary N) is 1. The van der Waals surface area contributed by atoms with Gasteiger partial charge in [0.05, 0.1) is 6.07 Å². The van der Waals surface area contributed by atoms with Crippen LogP contribution in [-0.4, -0.2) is 15.4 Å². The van der Waals surface area contributed by atoms with Gasteiger partial charge >= 0.3 is 0 Å². The number of anilines is 1. The number of quaternary nitrogens is 2. The molecule has 2 aromatic rings. The Bertz CT molecular complexity index is 649. The van der Waals surface area contributed by atoms with Crippen molar-refractivity contribution < 1.29 is 25.3 Å². The quantitative estimate of drug-likeness (QED) is 0.427. The summed E-state index contributed by atoms with van der Waals surface area (Å²) in [5, 5.41) is 46.0. The van der Waals surface area contributed by atoms with E-state index in [1.807, 2.05) is 0 Å². The fourth-order valence-corrected chi connectivity index (χ4v) is 1.53. The van der Waals surface area contributed by atoms with Crippen LogP contribution in [0.3, 0.4) is 0 Å². The maximum absolute atomic E-state index is 11.0. The van der Waals surface area contributed by atoms with E-state index in [-0.39, 0.29) is 34.4 Å². The number of oxazole rings is 1. The molecule has 0 saturated carbocycles. The van der Waals surface area contributed by atoms with Crippen LogP contribution >= 0.6 is 0 Å². The number of hydrogen-bond donors (Lipinski definition) is 5. The van der Waals surface area contributed by atoms with Gasteiger partial charge in [0, 0.05) is 17.7 Å². The van der Waals surface area contributed by atoms with E-state index in [9.17, 15) is 10.4 Å². The lowest BCUT2D eigenvalue weighted by atomic mass is 10.1. The van der Waals surface area contributed by atoms with Crippen molar-refractivity contribution in [2.24, 2.45) is 0 Å². The van der Waals surface area contributed by atoms with E-state index in [1.54, 1.807) is 6.07 Å². The first kappa shape index (κ1) is 13.9. The van der Waals surface area contributed by atoms with Crippen molar-refractivity contribution in [2.75, 3.05) is 5.73 Å². The largest absolute Gasteiger partial charge is 0.595 e. The fraction of sp³-hybridized carbons (Fsp3) is 0. The first-order valence-electron chi connectivity index (χ1n) is 5.21. The Balaban J connectivity index is 2.57. The van der Waals surface area contributed by atoms with Crippen LogP contribution in [0.2, 0.25) is 0 Å². The molecule has 0 aliphatic carbocycles. The summed E-state index contributed by atoms with van der Waals surface area (Å²) < 4.78 is 5.02. The molecule has 20 heavy (non-hydrogen) atoms. The maximum Gasteiger partial charge on any atom is 0.230 e. The molecule has 0 aliphatic rings. The summed E-state index contributed by atoms with van der Waals surface area (Å²) in [6.45, 7) is 0. The van der Waals surface area contributed by atoms with Gasteiger partial charge in [-0.05, 0) is 0 Å². The second-order valence-corrected chi connectivity index (χ2v) is 3.75. The van der Waals surface area contributed by atoms with Gasteiger partial charge in [0.25, 0.3) is 0 Å². The van der Waals surface area contributed by atoms with Gasteiger partial charge in [-0.15, -0.1) is 0 Å². The molecule has 0 fully saturated rings.